The smallest absolute Gasteiger partial charge is 0.304 e. The molecule has 92 valence electrons. The number of aliphatic carboxylic acids is 1. The van der Waals surface area contributed by atoms with Gasteiger partial charge in [0.2, 0.25) is 0 Å². The van der Waals surface area contributed by atoms with Gasteiger partial charge >= 0.3 is 5.97 Å². The van der Waals surface area contributed by atoms with E-state index in [1.807, 2.05) is 25.1 Å². The number of methoxy groups -OCH3 is 1. The molecule has 1 aliphatic heterocycles. The van der Waals surface area contributed by atoms with Crippen LogP contribution in [0.1, 0.15) is 13.3 Å². The van der Waals surface area contributed by atoms with E-state index in [0.717, 1.165) is 16.3 Å². The van der Waals surface area contributed by atoms with Crippen LogP contribution in [0.25, 0.3) is 0 Å². The first-order valence-electron chi connectivity index (χ1n) is 5.44. The fraction of sp³-hybridized carbons (Fsp3) is 0.417. The van der Waals surface area contributed by atoms with E-state index in [-0.39, 0.29) is 17.7 Å². The Morgan fingerprint density at radius 3 is 3.00 bits per heavy atom. The first kappa shape index (κ1) is 12.1. The zero-order chi connectivity index (χ0) is 12.4. The molecular weight excluding hydrogens is 238 g/mol. The summed E-state index contributed by atoms with van der Waals surface area (Å²) in [7, 11) is 1.63. The topological polar surface area (TPSA) is 58.6 Å². The molecule has 2 atom stereocenters. The largest absolute Gasteiger partial charge is 0.495 e. The van der Waals surface area contributed by atoms with Gasteiger partial charge in [-0.05, 0) is 19.1 Å². The van der Waals surface area contributed by atoms with Crippen molar-refractivity contribution in [3.8, 4) is 5.75 Å². The lowest BCUT2D eigenvalue weighted by Gasteiger charge is -2.31. The molecule has 0 amide bonds. The zero-order valence-electron chi connectivity index (χ0n) is 9.77. The van der Waals surface area contributed by atoms with Gasteiger partial charge in [0, 0.05) is 16.2 Å². The second kappa shape index (κ2) is 4.87. The second-order valence-corrected chi connectivity index (χ2v) is 5.30. The predicted octanol–water partition coefficient (Wildman–Crippen LogP) is 2.44. The van der Waals surface area contributed by atoms with E-state index in [0.29, 0.717) is 0 Å². The van der Waals surface area contributed by atoms with E-state index < -0.39 is 5.97 Å². The van der Waals surface area contributed by atoms with Crippen LogP contribution in [0, 0.1) is 0 Å². The highest BCUT2D eigenvalue weighted by Gasteiger charge is 2.28. The fourth-order valence-corrected chi connectivity index (χ4v) is 3.16. The molecule has 0 bridgehead atoms. The molecule has 5 heteroatoms. The van der Waals surface area contributed by atoms with Crippen molar-refractivity contribution in [2.75, 3.05) is 12.4 Å². The number of carbonyl (C=O) groups is 1. The number of fused-ring (bicyclic) bond motifs is 1. The number of anilines is 1. The number of thioether (sulfide) groups is 1. The van der Waals surface area contributed by atoms with E-state index in [2.05, 4.69) is 5.32 Å². The fourth-order valence-electron chi connectivity index (χ4n) is 1.90. The number of carboxylic acid groups (broad SMARTS) is 1. The van der Waals surface area contributed by atoms with E-state index in [1.165, 1.54) is 0 Å². The number of nitrogens with one attached hydrogen (secondary N) is 1. The molecule has 2 N–H and O–H groups in total. The monoisotopic (exact) mass is 253 g/mol. The Balaban J connectivity index is 2.26. The average molecular weight is 253 g/mol. The van der Waals surface area contributed by atoms with Gasteiger partial charge in [0.15, 0.2) is 0 Å². The van der Waals surface area contributed by atoms with Crippen molar-refractivity contribution >= 4 is 23.4 Å². The summed E-state index contributed by atoms with van der Waals surface area (Å²) >= 11 is 1.60. The molecule has 2 unspecified atom stereocenters. The highest BCUT2D eigenvalue weighted by molar-refractivity contribution is 8.00. The Morgan fingerprint density at radius 2 is 2.35 bits per heavy atom. The van der Waals surface area contributed by atoms with E-state index >= 15 is 0 Å². The van der Waals surface area contributed by atoms with Gasteiger partial charge in [0.25, 0.3) is 0 Å². The average Bonchev–Trinajstić information content (AvgIpc) is 2.29. The number of hydrogen-bond donors (Lipinski definition) is 2. The number of carboxylic acids is 1. The van der Waals surface area contributed by atoms with Crippen LogP contribution in [0.3, 0.4) is 0 Å². The Kier molecular flexibility index (Phi) is 3.47. The Bertz CT molecular complexity index is 436. The molecule has 0 fully saturated rings. The molecule has 0 spiro atoms. The summed E-state index contributed by atoms with van der Waals surface area (Å²) < 4.78 is 5.29. The van der Waals surface area contributed by atoms with Crippen molar-refractivity contribution in [2.24, 2.45) is 0 Å². The lowest BCUT2D eigenvalue weighted by atomic mass is 10.1. The maximum Gasteiger partial charge on any atom is 0.304 e. The minimum atomic E-state index is -0.762. The van der Waals surface area contributed by atoms with Gasteiger partial charge in [-0.15, -0.1) is 11.8 Å². The van der Waals surface area contributed by atoms with Crippen molar-refractivity contribution < 1.29 is 14.6 Å². The van der Waals surface area contributed by atoms with Gasteiger partial charge in [-0.2, -0.15) is 0 Å². The third-order valence-corrected chi connectivity index (χ3v) is 4.26. The van der Waals surface area contributed by atoms with Crippen LogP contribution in [-0.4, -0.2) is 29.5 Å². The van der Waals surface area contributed by atoms with E-state index in [9.17, 15) is 4.79 Å². The summed E-state index contributed by atoms with van der Waals surface area (Å²) in [6.07, 6.45) is 0.162. The van der Waals surface area contributed by atoms with Crippen LogP contribution in [0.15, 0.2) is 23.1 Å². The lowest BCUT2D eigenvalue weighted by Crippen LogP contribution is -2.33. The van der Waals surface area contributed by atoms with Gasteiger partial charge in [-0.25, -0.2) is 0 Å². The Morgan fingerprint density at radius 1 is 1.59 bits per heavy atom. The van der Waals surface area contributed by atoms with Crippen LogP contribution in [0.2, 0.25) is 0 Å². The summed E-state index contributed by atoms with van der Waals surface area (Å²) in [5, 5.41) is 12.2. The van der Waals surface area contributed by atoms with Gasteiger partial charge in [0.1, 0.15) is 5.75 Å². The van der Waals surface area contributed by atoms with Gasteiger partial charge in [-0.3, -0.25) is 4.79 Å². The highest BCUT2D eigenvalue weighted by atomic mass is 32.2. The zero-order valence-corrected chi connectivity index (χ0v) is 10.6. The molecule has 1 heterocycles. The van der Waals surface area contributed by atoms with Crippen molar-refractivity contribution in [3.63, 3.8) is 0 Å². The molecule has 0 radical (unpaired) electrons. The molecule has 1 aromatic carbocycles. The SMILES string of the molecule is COc1cccc2c1NC(C)C(CC(=O)O)S2. The third kappa shape index (κ3) is 2.49. The predicted molar refractivity (Wildman–Crippen MR) is 68.0 cm³/mol. The molecule has 17 heavy (non-hydrogen) atoms. The standard InChI is InChI=1S/C12H15NO3S/c1-7-10(6-11(14)15)17-9-5-3-4-8(16-2)12(9)13-7/h3-5,7,10,13H,6H2,1-2H3,(H,14,15). The summed E-state index contributed by atoms with van der Waals surface area (Å²) in [5.74, 6) is 0.0399. The normalized spacial score (nSPS) is 22.5. The Hall–Kier alpha value is -1.36. The Labute approximate surface area is 104 Å². The molecule has 1 aliphatic rings. The number of ether oxygens (including phenoxy) is 1. The van der Waals surface area contributed by atoms with E-state index in [4.69, 9.17) is 9.84 Å². The second-order valence-electron chi connectivity index (χ2n) is 4.02. The van der Waals surface area contributed by atoms with Crippen LogP contribution in [-0.2, 0) is 4.79 Å². The maximum atomic E-state index is 10.8. The lowest BCUT2D eigenvalue weighted by molar-refractivity contribution is -0.137. The summed E-state index contributed by atoms with van der Waals surface area (Å²) in [6, 6.07) is 5.91. The van der Waals surface area contributed by atoms with Gasteiger partial charge in [-0.1, -0.05) is 6.07 Å². The molecule has 0 saturated carbocycles. The van der Waals surface area contributed by atoms with Crippen molar-refractivity contribution in [1.82, 2.24) is 0 Å². The van der Waals surface area contributed by atoms with Gasteiger partial charge < -0.3 is 15.2 Å². The summed E-state index contributed by atoms with van der Waals surface area (Å²) in [6.45, 7) is 2.00. The summed E-state index contributed by atoms with van der Waals surface area (Å²) in [5.41, 5.74) is 0.967. The highest BCUT2D eigenvalue weighted by Crippen LogP contribution is 2.43. The van der Waals surface area contributed by atoms with Crippen LogP contribution < -0.4 is 10.1 Å². The molecular formula is C12H15NO3S. The minimum Gasteiger partial charge on any atom is -0.495 e. The number of rotatable bonds is 3. The van der Waals surface area contributed by atoms with Crippen molar-refractivity contribution in [2.45, 2.75) is 29.5 Å². The molecule has 0 aromatic heterocycles. The third-order valence-electron chi connectivity index (χ3n) is 2.79. The van der Waals surface area contributed by atoms with Crippen LogP contribution in [0.4, 0.5) is 5.69 Å². The van der Waals surface area contributed by atoms with Crippen LogP contribution >= 0.6 is 11.8 Å². The molecule has 4 nitrogen and oxygen atoms in total. The van der Waals surface area contributed by atoms with Crippen LogP contribution in [0.5, 0.6) is 5.75 Å². The van der Waals surface area contributed by atoms with Crippen molar-refractivity contribution in [3.05, 3.63) is 18.2 Å². The minimum absolute atomic E-state index is 0.0482. The first-order chi connectivity index (χ1) is 8.11. The number of para-hydroxylation sites is 1. The quantitative estimate of drug-likeness (QED) is 0.866. The van der Waals surface area contributed by atoms with Gasteiger partial charge in [0.05, 0.1) is 19.2 Å². The maximum absolute atomic E-state index is 10.8. The number of benzene rings is 1. The molecule has 0 saturated heterocycles. The first-order valence-corrected chi connectivity index (χ1v) is 6.31. The van der Waals surface area contributed by atoms with Crippen molar-refractivity contribution in [1.29, 1.82) is 0 Å². The molecule has 1 aromatic rings. The molecule has 2 rings (SSSR count). The molecule has 0 aliphatic carbocycles. The summed E-state index contributed by atoms with van der Waals surface area (Å²) in [4.78, 5) is 11.8. The van der Waals surface area contributed by atoms with E-state index in [1.54, 1.807) is 18.9 Å². The number of hydrogen-bond acceptors (Lipinski definition) is 4.